The number of nitrogens with zero attached hydrogens (tertiary/aromatic N) is 1. The number of ketones is 1. The molecule has 0 aliphatic rings. The number of rotatable bonds is 11. The summed E-state index contributed by atoms with van der Waals surface area (Å²) in [6, 6.07) is 15.7. The summed E-state index contributed by atoms with van der Waals surface area (Å²) in [6.07, 6.45) is 6.05. The molecule has 28 heavy (non-hydrogen) atoms. The second kappa shape index (κ2) is 10.1. The molecule has 0 atom stereocenters. The summed E-state index contributed by atoms with van der Waals surface area (Å²) in [6.45, 7) is 6.87. The molecule has 0 saturated carbocycles. The Labute approximate surface area is 167 Å². The molecule has 3 aromatic rings. The SMILES string of the molecule is CCCCc1cc2ccccn2c1C(=O)c1ccc(OCCCNCC)cc1. The number of ether oxygens (including phenoxy) is 1. The monoisotopic (exact) mass is 378 g/mol. The number of hydrogen-bond acceptors (Lipinski definition) is 3. The summed E-state index contributed by atoms with van der Waals surface area (Å²) >= 11 is 0. The average molecular weight is 379 g/mol. The first-order chi connectivity index (χ1) is 13.7. The molecule has 1 aromatic carbocycles. The van der Waals surface area contributed by atoms with Gasteiger partial charge in [-0.15, -0.1) is 0 Å². The molecule has 0 unspecified atom stereocenters. The van der Waals surface area contributed by atoms with E-state index >= 15 is 0 Å². The Morgan fingerprint density at radius 1 is 1.07 bits per heavy atom. The maximum atomic E-state index is 13.3. The van der Waals surface area contributed by atoms with E-state index in [0.717, 1.165) is 61.3 Å². The Kier molecular flexibility index (Phi) is 7.26. The first-order valence-electron chi connectivity index (χ1n) is 10.3. The number of hydrogen-bond donors (Lipinski definition) is 1. The van der Waals surface area contributed by atoms with E-state index < -0.39 is 0 Å². The van der Waals surface area contributed by atoms with Crippen molar-refractivity contribution in [3.8, 4) is 5.75 Å². The molecule has 1 N–H and O–H groups in total. The van der Waals surface area contributed by atoms with Gasteiger partial charge in [0, 0.05) is 17.3 Å². The van der Waals surface area contributed by atoms with Crippen molar-refractivity contribution < 1.29 is 9.53 Å². The van der Waals surface area contributed by atoms with Gasteiger partial charge < -0.3 is 14.5 Å². The molecule has 0 aliphatic heterocycles. The van der Waals surface area contributed by atoms with E-state index in [1.165, 1.54) is 0 Å². The number of aryl methyl sites for hydroxylation is 1. The van der Waals surface area contributed by atoms with Crippen LogP contribution in [0.25, 0.3) is 5.52 Å². The molecule has 2 heterocycles. The molecule has 0 radical (unpaired) electrons. The highest BCUT2D eigenvalue weighted by Gasteiger charge is 2.18. The van der Waals surface area contributed by atoms with Gasteiger partial charge in [-0.1, -0.05) is 26.3 Å². The molecule has 0 aliphatic carbocycles. The van der Waals surface area contributed by atoms with Crippen LogP contribution in [0.2, 0.25) is 0 Å². The van der Waals surface area contributed by atoms with Gasteiger partial charge in [0.2, 0.25) is 5.78 Å². The number of aromatic nitrogens is 1. The number of carbonyl (C=O) groups excluding carboxylic acids is 1. The van der Waals surface area contributed by atoms with Crippen molar-refractivity contribution in [3.05, 3.63) is 71.5 Å². The molecule has 0 amide bonds. The number of fused-ring (bicyclic) bond motifs is 1. The normalized spacial score (nSPS) is 11.1. The quantitative estimate of drug-likeness (QED) is 0.381. The second-order valence-electron chi connectivity index (χ2n) is 7.03. The second-order valence-corrected chi connectivity index (χ2v) is 7.03. The Bertz CT molecular complexity index is 897. The zero-order chi connectivity index (χ0) is 19.8. The lowest BCUT2D eigenvalue weighted by molar-refractivity contribution is 0.103. The molecule has 4 heteroatoms. The summed E-state index contributed by atoms with van der Waals surface area (Å²) in [5.74, 6) is 0.871. The Hall–Kier alpha value is -2.59. The molecule has 3 rings (SSSR count). The van der Waals surface area contributed by atoms with Crippen molar-refractivity contribution in [1.82, 2.24) is 9.72 Å². The van der Waals surface area contributed by atoms with Gasteiger partial charge >= 0.3 is 0 Å². The van der Waals surface area contributed by atoms with Crippen molar-refractivity contribution in [2.75, 3.05) is 19.7 Å². The van der Waals surface area contributed by atoms with Crippen LogP contribution in [0.1, 0.15) is 54.7 Å². The highest BCUT2D eigenvalue weighted by Crippen LogP contribution is 2.23. The molecule has 0 saturated heterocycles. The van der Waals surface area contributed by atoms with Crippen molar-refractivity contribution in [1.29, 1.82) is 0 Å². The number of benzene rings is 1. The molecule has 0 spiro atoms. The summed E-state index contributed by atoms with van der Waals surface area (Å²) in [5, 5.41) is 3.28. The lowest BCUT2D eigenvalue weighted by Crippen LogP contribution is -2.16. The van der Waals surface area contributed by atoms with E-state index in [2.05, 4.69) is 31.3 Å². The minimum absolute atomic E-state index is 0.0657. The van der Waals surface area contributed by atoms with Crippen molar-refractivity contribution in [2.45, 2.75) is 39.5 Å². The van der Waals surface area contributed by atoms with E-state index in [1.54, 1.807) is 0 Å². The van der Waals surface area contributed by atoms with Crippen LogP contribution in [-0.2, 0) is 6.42 Å². The highest BCUT2D eigenvalue weighted by atomic mass is 16.5. The van der Waals surface area contributed by atoms with Gasteiger partial charge in [0.25, 0.3) is 0 Å². The van der Waals surface area contributed by atoms with E-state index in [4.69, 9.17) is 4.74 Å². The van der Waals surface area contributed by atoms with Gasteiger partial charge in [0.15, 0.2) is 0 Å². The van der Waals surface area contributed by atoms with Crippen molar-refractivity contribution in [2.24, 2.45) is 0 Å². The Morgan fingerprint density at radius 3 is 2.64 bits per heavy atom. The minimum atomic E-state index is 0.0657. The third-order valence-electron chi connectivity index (χ3n) is 4.91. The molecule has 4 nitrogen and oxygen atoms in total. The van der Waals surface area contributed by atoms with E-state index in [9.17, 15) is 4.79 Å². The predicted molar refractivity (Wildman–Crippen MR) is 115 cm³/mol. The Morgan fingerprint density at radius 2 is 1.89 bits per heavy atom. The molecular formula is C24H30N2O2. The van der Waals surface area contributed by atoms with Crippen LogP contribution < -0.4 is 10.1 Å². The largest absolute Gasteiger partial charge is 0.494 e. The van der Waals surface area contributed by atoms with Crippen LogP contribution >= 0.6 is 0 Å². The fourth-order valence-electron chi connectivity index (χ4n) is 3.40. The third-order valence-corrected chi connectivity index (χ3v) is 4.91. The van der Waals surface area contributed by atoms with Crippen LogP contribution in [0.4, 0.5) is 0 Å². The van der Waals surface area contributed by atoms with Crippen LogP contribution in [0.15, 0.2) is 54.7 Å². The summed E-state index contributed by atoms with van der Waals surface area (Å²) < 4.78 is 7.78. The standard InChI is InChI=1S/C24H30N2O2/c1-3-5-9-20-18-21-10-6-7-16-26(21)23(20)24(27)19-11-13-22(14-12-19)28-17-8-15-25-4-2/h6-7,10-14,16,18,25H,3-5,8-9,15,17H2,1-2H3. The van der Waals surface area contributed by atoms with Crippen LogP contribution in [0.5, 0.6) is 5.75 Å². The fourth-order valence-corrected chi connectivity index (χ4v) is 3.40. The molecule has 2 aromatic heterocycles. The molecule has 148 valence electrons. The number of nitrogens with one attached hydrogen (secondary N) is 1. The van der Waals surface area contributed by atoms with Crippen LogP contribution in [0.3, 0.4) is 0 Å². The predicted octanol–water partition coefficient (Wildman–Crippen LogP) is 4.89. The van der Waals surface area contributed by atoms with Crippen molar-refractivity contribution in [3.63, 3.8) is 0 Å². The van der Waals surface area contributed by atoms with Crippen LogP contribution in [-0.4, -0.2) is 29.9 Å². The maximum absolute atomic E-state index is 13.3. The number of unbranched alkanes of at least 4 members (excludes halogenated alkanes) is 1. The minimum Gasteiger partial charge on any atom is -0.494 e. The van der Waals surface area contributed by atoms with E-state index in [1.807, 2.05) is 47.0 Å². The zero-order valence-electron chi connectivity index (χ0n) is 16.9. The maximum Gasteiger partial charge on any atom is 0.210 e. The lowest BCUT2D eigenvalue weighted by atomic mass is 10.0. The van der Waals surface area contributed by atoms with Gasteiger partial charge in [0.1, 0.15) is 5.75 Å². The average Bonchev–Trinajstić information content (AvgIpc) is 3.10. The zero-order valence-corrected chi connectivity index (χ0v) is 16.9. The van der Waals surface area contributed by atoms with Gasteiger partial charge in [0.05, 0.1) is 12.3 Å². The van der Waals surface area contributed by atoms with Gasteiger partial charge in [-0.3, -0.25) is 4.79 Å². The summed E-state index contributed by atoms with van der Waals surface area (Å²) in [7, 11) is 0. The number of carbonyl (C=O) groups is 1. The summed E-state index contributed by atoms with van der Waals surface area (Å²) in [4.78, 5) is 13.3. The Balaban J connectivity index is 1.76. The first kappa shape index (κ1) is 20.2. The topological polar surface area (TPSA) is 42.7 Å². The number of pyridine rings is 1. The van der Waals surface area contributed by atoms with Crippen molar-refractivity contribution >= 4 is 11.3 Å². The lowest BCUT2D eigenvalue weighted by Gasteiger charge is -2.09. The van der Waals surface area contributed by atoms with Gasteiger partial charge in [-0.05, 0) is 80.4 Å². The molecule has 0 fully saturated rings. The molecule has 0 bridgehead atoms. The van der Waals surface area contributed by atoms with Gasteiger partial charge in [-0.25, -0.2) is 0 Å². The first-order valence-corrected chi connectivity index (χ1v) is 10.3. The fraction of sp³-hybridized carbons (Fsp3) is 0.375. The summed E-state index contributed by atoms with van der Waals surface area (Å²) in [5.41, 5.74) is 3.67. The van der Waals surface area contributed by atoms with E-state index in [-0.39, 0.29) is 5.78 Å². The smallest absolute Gasteiger partial charge is 0.210 e. The molecular weight excluding hydrogens is 348 g/mol. The highest BCUT2D eigenvalue weighted by molar-refractivity contribution is 6.09. The van der Waals surface area contributed by atoms with E-state index in [0.29, 0.717) is 12.2 Å². The van der Waals surface area contributed by atoms with Crippen LogP contribution in [0, 0.1) is 0 Å². The third kappa shape index (κ3) is 4.82. The van der Waals surface area contributed by atoms with Gasteiger partial charge in [-0.2, -0.15) is 0 Å².